The van der Waals surface area contributed by atoms with Crippen molar-refractivity contribution in [3.63, 3.8) is 0 Å². The van der Waals surface area contributed by atoms with Gasteiger partial charge in [0.25, 0.3) is 5.91 Å². The minimum Gasteiger partial charge on any atom is -0.321 e. The van der Waals surface area contributed by atoms with Crippen molar-refractivity contribution in [3.05, 3.63) is 65.7 Å². The number of para-hydroxylation sites is 1. The van der Waals surface area contributed by atoms with E-state index in [0.717, 1.165) is 35.4 Å². The third-order valence-electron chi connectivity index (χ3n) is 5.27. The molecule has 1 amide bonds. The van der Waals surface area contributed by atoms with E-state index in [1.807, 2.05) is 31.2 Å². The number of benzene rings is 2. The van der Waals surface area contributed by atoms with Crippen molar-refractivity contribution in [1.82, 2.24) is 0 Å². The predicted octanol–water partition coefficient (Wildman–Crippen LogP) is 4.52. The molecule has 1 fully saturated rings. The summed E-state index contributed by atoms with van der Waals surface area (Å²) in [6.45, 7) is 5.73. The fraction of sp³-hybridized carbons (Fsp3) is 0.409. The Labute approximate surface area is 182 Å². The van der Waals surface area contributed by atoms with E-state index in [4.69, 9.17) is 0 Å². The molecule has 0 spiro atoms. The molecular weight excluding hydrogens is 397 g/mol. The Hall–Kier alpha value is -1.03. The van der Waals surface area contributed by atoms with E-state index in [-0.39, 0.29) is 38.6 Å². The van der Waals surface area contributed by atoms with Gasteiger partial charge < -0.3 is 9.80 Å². The van der Waals surface area contributed by atoms with Crippen molar-refractivity contribution in [3.8, 4) is 0 Å². The zero-order valence-electron chi connectivity index (χ0n) is 15.8. The monoisotopic (exact) mass is 426 g/mol. The molecule has 1 heterocycles. The Morgan fingerprint density at radius 2 is 1.54 bits per heavy atom. The summed E-state index contributed by atoms with van der Waals surface area (Å²) in [4.78, 5) is 12.8. The molecule has 26 heavy (non-hydrogen) atoms. The molecule has 3 nitrogen and oxygen atoms in total. The number of carbonyl (C=O) groups excluding carboxylic acids is 1. The molecule has 1 aliphatic rings. The largest absolute Gasteiger partial charge is 0.321 e. The van der Waals surface area contributed by atoms with Gasteiger partial charge in [-0.05, 0) is 44.2 Å². The van der Waals surface area contributed by atoms with Crippen LogP contribution in [0.2, 0.25) is 0 Å². The summed E-state index contributed by atoms with van der Waals surface area (Å²) in [6, 6.07) is 18.6. The number of nitrogens with one attached hydrogen (secondary N) is 1. The van der Waals surface area contributed by atoms with Crippen molar-refractivity contribution in [2.24, 2.45) is 0 Å². The third kappa shape index (κ3) is 6.01. The Kier molecular flexibility index (Phi) is 8.47. The van der Waals surface area contributed by atoms with Crippen LogP contribution < -0.4 is 5.32 Å². The molecule has 1 N–H and O–H groups in total. The van der Waals surface area contributed by atoms with E-state index < -0.39 is 0 Å². The summed E-state index contributed by atoms with van der Waals surface area (Å²) in [7, 11) is 0. The van der Waals surface area contributed by atoms with Crippen molar-refractivity contribution in [2.45, 2.75) is 39.2 Å². The number of aryl methyl sites for hydroxylation is 1. The van der Waals surface area contributed by atoms with Gasteiger partial charge >= 0.3 is 0 Å². The molecule has 0 bridgehead atoms. The molecule has 135 valence electrons. The van der Waals surface area contributed by atoms with Crippen LogP contribution in [0, 0.1) is 6.92 Å². The van der Waals surface area contributed by atoms with E-state index in [1.165, 1.54) is 31.2 Å². The molecule has 1 saturated heterocycles. The number of hydrogen-bond acceptors (Lipinski definition) is 1. The number of nitrogens with zero attached hydrogens (tertiary/aromatic N) is 1. The summed E-state index contributed by atoms with van der Waals surface area (Å²) < 4.78 is 0.877. The summed E-state index contributed by atoms with van der Waals surface area (Å²) in [5, 5.41) is 3.13. The molecule has 3 rings (SSSR count). The average Bonchev–Trinajstić information content (AvgIpc) is 2.83. The molecule has 1 radical (unpaired) electrons. The van der Waals surface area contributed by atoms with E-state index in [0.29, 0.717) is 6.54 Å². The first-order chi connectivity index (χ1) is 12.2. The standard InChI is InChI=1S/C22H28N2O.Y/c1-19-11-7-8-14-21(19)23-22(25)18-24(15-9-2-3-10-16-24)17-20-12-5-4-6-13-20;/h4-8,11-14H,2-3,9-10,15-18H2,1H3;/p+1. The number of likely N-dealkylation sites (tertiary alicyclic amines) is 1. The summed E-state index contributed by atoms with van der Waals surface area (Å²) >= 11 is 0. The van der Waals surface area contributed by atoms with Gasteiger partial charge in [-0.2, -0.15) is 0 Å². The first-order valence-electron chi connectivity index (χ1n) is 9.41. The van der Waals surface area contributed by atoms with Crippen LogP contribution in [0.5, 0.6) is 0 Å². The summed E-state index contributed by atoms with van der Waals surface area (Å²) in [6.07, 6.45) is 5.00. The van der Waals surface area contributed by atoms with Crippen LogP contribution in [0.1, 0.15) is 36.8 Å². The first-order valence-corrected chi connectivity index (χ1v) is 9.41. The molecule has 2 aromatic rings. The first kappa shape index (κ1) is 21.3. The maximum absolute atomic E-state index is 12.8. The molecule has 0 unspecified atom stereocenters. The van der Waals surface area contributed by atoms with Gasteiger partial charge in [0.1, 0.15) is 6.54 Å². The fourth-order valence-corrected chi connectivity index (χ4v) is 3.91. The Morgan fingerprint density at radius 3 is 2.19 bits per heavy atom. The molecule has 1 aliphatic heterocycles. The second kappa shape index (κ2) is 10.3. The molecule has 0 aliphatic carbocycles. The fourth-order valence-electron chi connectivity index (χ4n) is 3.91. The van der Waals surface area contributed by atoms with Crippen LogP contribution in [0.4, 0.5) is 5.69 Å². The molecule has 0 aromatic heterocycles. The normalized spacial score (nSPS) is 16.2. The van der Waals surface area contributed by atoms with Gasteiger partial charge in [-0.25, -0.2) is 0 Å². The maximum Gasteiger partial charge on any atom is 0.279 e. The number of carbonyl (C=O) groups is 1. The summed E-state index contributed by atoms with van der Waals surface area (Å²) in [5.74, 6) is 0.132. The van der Waals surface area contributed by atoms with Crippen LogP contribution in [0.25, 0.3) is 0 Å². The van der Waals surface area contributed by atoms with Crippen LogP contribution in [0.15, 0.2) is 54.6 Å². The Bertz CT molecular complexity index is 694. The molecule has 2 aromatic carbocycles. The molecular formula is C22H29N2OY+. The van der Waals surface area contributed by atoms with Crippen LogP contribution in [-0.4, -0.2) is 30.0 Å². The minimum atomic E-state index is 0. The topological polar surface area (TPSA) is 29.1 Å². The molecule has 0 atom stereocenters. The summed E-state index contributed by atoms with van der Waals surface area (Å²) in [5.41, 5.74) is 3.37. The maximum atomic E-state index is 12.8. The van der Waals surface area contributed by atoms with Gasteiger partial charge in [-0.1, -0.05) is 48.5 Å². The third-order valence-corrected chi connectivity index (χ3v) is 5.27. The Morgan fingerprint density at radius 1 is 0.923 bits per heavy atom. The quantitative estimate of drug-likeness (QED) is 0.700. The van der Waals surface area contributed by atoms with Gasteiger partial charge in [0.05, 0.1) is 13.1 Å². The zero-order chi connectivity index (χ0) is 17.5. The average molecular weight is 426 g/mol. The van der Waals surface area contributed by atoms with Gasteiger partial charge in [0.2, 0.25) is 0 Å². The van der Waals surface area contributed by atoms with Crippen molar-refractivity contribution in [1.29, 1.82) is 0 Å². The Balaban J connectivity index is 0.00000243. The van der Waals surface area contributed by atoms with E-state index in [1.54, 1.807) is 0 Å². The van der Waals surface area contributed by atoms with Gasteiger partial charge in [0, 0.05) is 44.0 Å². The van der Waals surface area contributed by atoms with Gasteiger partial charge in [-0.15, -0.1) is 0 Å². The van der Waals surface area contributed by atoms with Crippen molar-refractivity contribution in [2.75, 3.05) is 25.0 Å². The van der Waals surface area contributed by atoms with E-state index in [2.05, 4.69) is 35.6 Å². The predicted molar refractivity (Wildman–Crippen MR) is 103 cm³/mol. The van der Waals surface area contributed by atoms with Crippen LogP contribution in [-0.2, 0) is 44.0 Å². The van der Waals surface area contributed by atoms with Crippen molar-refractivity contribution >= 4 is 11.6 Å². The number of amides is 1. The molecule has 4 heteroatoms. The number of anilines is 1. The number of rotatable bonds is 5. The van der Waals surface area contributed by atoms with Gasteiger partial charge in [0.15, 0.2) is 6.54 Å². The van der Waals surface area contributed by atoms with Crippen LogP contribution in [0.3, 0.4) is 0 Å². The smallest absolute Gasteiger partial charge is 0.279 e. The number of quaternary nitrogens is 1. The van der Waals surface area contributed by atoms with Gasteiger partial charge in [-0.3, -0.25) is 4.79 Å². The number of hydrogen-bond donors (Lipinski definition) is 1. The van der Waals surface area contributed by atoms with Crippen LogP contribution >= 0.6 is 0 Å². The second-order valence-corrected chi connectivity index (χ2v) is 7.37. The minimum absolute atomic E-state index is 0. The second-order valence-electron chi connectivity index (χ2n) is 7.37. The zero-order valence-corrected chi connectivity index (χ0v) is 18.6. The van der Waals surface area contributed by atoms with Crippen molar-refractivity contribution < 1.29 is 42.0 Å². The molecule has 0 saturated carbocycles. The van der Waals surface area contributed by atoms with E-state index >= 15 is 0 Å². The SMILES string of the molecule is Cc1ccccc1NC(=O)C[N+]1(Cc2ccccc2)CCCCCC1.[Y]. The van der Waals surface area contributed by atoms with E-state index in [9.17, 15) is 4.79 Å².